The van der Waals surface area contributed by atoms with E-state index in [4.69, 9.17) is 4.74 Å². The fraction of sp³-hybridized carbons (Fsp3) is 0.417. The Kier molecular flexibility index (Phi) is 5.31. The Morgan fingerprint density at radius 2 is 2.26 bits per heavy atom. The highest BCUT2D eigenvalue weighted by molar-refractivity contribution is 7.89. The van der Waals surface area contributed by atoms with Gasteiger partial charge in [-0.2, -0.15) is 4.31 Å². The van der Waals surface area contributed by atoms with Crippen LogP contribution in [0.15, 0.2) is 36.0 Å². The maximum atomic E-state index is 12.3. The molecule has 6 nitrogen and oxygen atoms in total. The monoisotopic (exact) mass is 286 g/mol. The lowest BCUT2D eigenvalue weighted by molar-refractivity contribution is -0.143. The summed E-state index contributed by atoms with van der Waals surface area (Å²) in [6.45, 7) is 5.11. The highest BCUT2D eigenvalue weighted by Gasteiger charge is 2.26. The van der Waals surface area contributed by atoms with Crippen LogP contribution in [0, 0.1) is 0 Å². The van der Waals surface area contributed by atoms with E-state index in [1.807, 2.05) is 0 Å². The standard InChI is InChI=1S/C12H18N2O4S/c1-4-7-14(10-12(15)18-5-2)19(16,17)11-6-8-13(3)9-11/h4,6,8-9H,1,5,7,10H2,2-3H3. The molecule has 0 spiro atoms. The van der Waals surface area contributed by atoms with Gasteiger partial charge in [-0.1, -0.05) is 6.08 Å². The van der Waals surface area contributed by atoms with E-state index < -0.39 is 16.0 Å². The number of carbonyl (C=O) groups is 1. The first kappa shape index (κ1) is 15.5. The van der Waals surface area contributed by atoms with Crippen molar-refractivity contribution in [2.24, 2.45) is 7.05 Å². The summed E-state index contributed by atoms with van der Waals surface area (Å²) in [6.07, 6.45) is 4.54. The molecule has 0 aromatic carbocycles. The van der Waals surface area contributed by atoms with Crippen LogP contribution in [0.5, 0.6) is 0 Å². The SMILES string of the molecule is C=CCN(CC(=O)OCC)S(=O)(=O)c1ccn(C)c1. The predicted octanol–water partition coefficient (Wildman–Crippen LogP) is 0.765. The van der Waals surface area contributed by atoms with Gasteiger partial charge in [0.15, 0.2) is 0 Å². The van der Waals surface area contributed by atoms with E-state index in [9.17, 15) is 13.2 Å². The lowest BCUT2D eigenvalue weighted by Crippen LogP contribution is -2.36. The van der Waals surface area contributed by atoms with Crippen LogP contribution in [0.25, 0.3) is 0 Å². The Bertz CT molecular complexity index is 548. The number of aryl methyl sites for hydroxylation is 1. The molecule has 0 aliphatic heterocycles. The van der Waals surface area contributed by atoms with E-state index in [0.29, 0.717) is 0 Å². The average Bonchev–Trinajstić information content (AvgIpc) is 2.76. The van der Waals surface area contributed by atoms with Crippen molar-refractivity contribution in [2.45, 2.75) is 11.8 Å². The molecule has 0 aliphatic carbocycles. The molecule has 1 heterocycles. The van der Waals surface area contributed by atoms with E-state index in [0.717, 1.165) is 4.31 Å². The van der Waals surface area contributed by atoms with E-state index >= 15 is 0 Å². The molecule has 0 unspecified atom stereocenters. The summed E-state index contributed by atoms with van der Waals surface area (Å²) >= 11 is 0. The molecule has 0 fully saturated rings. The van der Waals surface area contributed by atoms with Gasteiger partial charge in [0, 0.05) is 26.0 Å². The zero-order valence-electron chi connectivity index (χ0n) is 11.1. The second kappa shape index (κ2) is 6.53. The molecule has 0 bridgehead atoms. The highest BCUT2D eigenvalue weighted by Crippen LogP contribution is 2.15. The Labute approximate surface area is 113 Å². The molecular formula is C12H18N2O4S. The van der Waals surface area contributed by atoms with Crippen LogP contribution in [0.2, 0.25) is 0 Å². The lowest BCUT2D eigenvalue weighted by Gasteiger charge is -2.18. The van der Waals surface area contributed by atoms with Gasteiger partial charge in [0.25, 0.3) is 0 Å². The third-order valence-corrected chi connectivity index (χ3v) is 4.18. The Morgan fingerprint density at radius 3 is 2.74 bits per heavy atom. The van der Waals surface area contributed by atoms with Gasteiger partial charge in [-0.05, 0) is 13.0 Å². The molecule has 0 saturated heterocycles. The summed E-state index contributed by atoms with van der Waals surface area (Å²) in [5, 5.41) is 0. The molecule has 106 valence electrons. The van der Waals surface area contributed by atoms with Gasteiger partial charge < -0.3 is 9.30 Å². The van der Waals surface area contributed by atoms with Crippen molar-refractivity contribution in [3.05, 3.63) is 31.1 Å². The average molecular weight is 286 g/mol. The first-order valence-corrected chi connectivity index (χ1v) is 7.24. The van der Waals surface area contributed by atoms with Crippen LogP contribution in [-0.4, -0.2) is 43.0 Å². The van der Waals surface area contributed by atoms with E-state index in [2.05, 4.69) is 6.58 Å². The summed E-state index contributed by atoms with van der Waals surface area (Å²) in [4.78, 5) is 11.6. The van der Waals surface area contributed by atoms with Crippen molar-refractivity contribution >= 4 is 16.0 Å². The molecule has 0 N–H and O–H groups in total. The van der Waals surface area contributed by atoms with Crippen molar-refractivity contribution in [3.63, 3.8) is 0 Å². The largest absolute Gasteiger partial charge is 0.465 e. The van der Waals surface area contributed by atoms with Crippen molar-refractivity contribution in [2.75, 3.05) is 19.7 Å². The summed E-state index contributed by atoms with van der Waals surface area (Å²) in [6, 6.07) is 1.48. The van der Waals surface area contributed by atoms with Crippen molar-refractivity contribution in [3.8, 4) is 0 Å². The summed E-state index contributed by atoms with van der Waals surface area (Å²) in [5.74, 6) is -0.580. The third kappa shape index (κ3) is 3.93. The summed E-state index contributed by atoms with van der Waals surface area (Å²) < 4.78 is 32.1. The first-order chi connectivity index (χ1) is 8.91. The van der Waals surface area contributed by atoms with E-state index in [1.54, 1.807) is 24.7 Å². The second-order valence-corrected chi connectivity index (χ2v) is 5.84. The quantitative estimate of drug-likeness (QED) is 0.548. The lowest BCUT2D eigenvalue weighted by atomic mass is 10.5. The minimum absolute atomic E-state index is 0.0516. The zero-order chi connectivity index (χ0) is 14.5. The maximum Gasteiger partial charge on any atom is 0.321 e. The fourth-order valence-corrected chi connectivity index (χ4v) is 2.93. The number of carbonyl (C=O) groups excluding carboxylic acids is 1. The maximum absolute atomic E-state index is 12.3. The number of hydrogen-bond donors (Lipinski definition) is 0. The van der Waals surface area contributed by atoms with Crippen molar-refractivity contribution in [1.82, 2.24) is 8.87 Å². The van der Waals surface area contributed by atoms with Gasteiger partial charge in [-0.25, -0.2) is 8.42 Å². The van der Waals surface area contributed by atoms with Gasteiger partial charge in [0.1, 0.15) is 6.54 Å². The number of aromatic nitrogens is 1. The normalized spacial score (nSPS) is 11.5. The van der Waals surface area contributed by atoms with Crippen molar-refractivity contribution in [1.29, 1.82) is 0 Å². The summed E-state index contributed by atoms with van der Waals surface area (Å²) in [5.41, 5.74) is 0. The first-order valence-electron chi connectivity index (χ1n) is 5.80. The number of ether oxygens (including phenoxy) is 1. The Morgan fingerprint density at radius 1 is 1.58 bits per heavy atom. The molecular weight excluding hydrogens is 268 g/mol. The zero-order valence-corrected chi connectivity index (χ0v) is 11.9. The van der Waals surface area contributed by atoms with E-state index in [1.165, 1.54) is 18.3 Å². The minimum Gasteiger partial charge on any atom is -0.465 e. The molecule has 0 amide bonds. The number of hydrogen-bond acceptors (Lipinski definition) is 4. The predicted molar refractivity (Wildman–Crippen MR) is 71.0 cm³/mol. The molecule has 1 aromatic heterocycles. The molecule has 0 atom stereocenters. The number of esters is 1. The third-order valence-electron chi connectivity index (χ3n) is 2.39. The topological polar surface area (TPSA) is 68.6 Å². The van der Waals surface area contributed by atoms with Crippen molar-refractivity contribution < 1.29 is 17.9 Å². The molecule has 19 heavy (non-hydrogen) atoms. The van der Waals surface area contributed by atoms with Crippen LogP contribution in [0.3, 0.4) is 0 Å². The number of rotatable bonds is 7. The van der Waals surface area contributed by atoms with Crippen LogP contribution in [0.1, 0.15) is 6.92 Å². The van der Waals surface area contributed by atoms with Crippen LogP contribution in [0.4, 0.5) is 0 Å². The highest BCUT2D eigenvalue weighted by atomic mass is 32.2. The smallest absolute Gasteiger partial charge is 0.321 e. The second-order valence-electron chi connectivity index (χ2n) is 3.90. The van der Waals surface area contributed by atoms with Gasteiger partial charge in [-0.3, -0.25) is 4.79 Å². The van der Waals surface area contributed by atoms with Crippen LogP contribution < -0.4 is 0 Å². The Balaban J connectivity index is 2.97. The van der Waals surface area contributed by atoms with Gasteiger partial charge in [-0.15, -0.1) is 6.58 Å². The van der Waals surface area contributed by atoms with Gasteiger partial charge in [0.2, 0.25) is 10.0 Å². The fourth-order valence-electron chi connectivity index (χ4n) is 1.52. The molecule has 1 aromatic rings. The molecule has 0 saturated carbocycles. The Hall–Kier alpha value is -1.60. The van der Waals surface area contributed by atoms with E-state index in [-0.39, 0.29) is 24.6 Å². The van der Waals surface area contributed by atoms with Gasteiger partial charge >= 0.3 is 5.97 Å². The molecule has 1 rings (SSSR count). The minimum atomic E-state index is -3.72. The summed E-state index contributed by atoms with van der Waals surface area (Å²) in [7, 11) is -1.99. The number of nitrogens with zero attached hydrogens (tertiary/aromatic N) is 2. The van der Waals surface area contributed by atoms with Crippen LogP contribution >= 0.6 is 0 Å². The number of sulfonamides is 1. The molecule has 7 heteroatoms. The molecule has 0 aliphatic rings. The molecule has 0 radical (unpaired) electrons. The van der Waals surface area contributed by atoms with Gasteiger partial charge in [0.05, 0.1) is 11.5 Å². The van der Waals surface area contributed by atoms with Crippen LogP contribution in [-0.2, 0) is 26.6 Å².